The molecule has 0 radical (unpaired) electrons. The highest BCUT2D eigenvalue weighted by molar-refractivity contribution is 7.80. The molecule has 0 aromatic heterocycles. The molecule has 12 nitrogen and oxygen atoms in total. The third kappa shape index (κ3) is 6.38. The highest BCUT2D eigenvalue weighted by Crippen LogP contribution is 2.69. The van der Waals surface area contributed by atoms with Crippen molar-refractivity contribution < 1.29 is 57.3 Å². The first-order valence-corrected chi connectivity index (χ1v) is 18.2. The maximum absolute atomic E-state index is 12.5. The monoisotopic (exact) mass is 664 g/mol. The van der Waals surface area contributed by atoms with Crippen molar-refractivity contribution in [3.05, 3.63) is 0 Å². The zero-order valence-electron chi connectivity index (χ0n) is 27.2. The summed E-state index contributed by atoms with van der Waals surface area (Å²) in [5, 5.41) is 66.2. The minimum absolute atomic E-state index is 0.00204. The van der Waals surface area contributed by atoms with Gasteiger partial charge in [-0.05, 0) is 91.8 Å². The van der Waals surface area contributed by atoms with Crippen molar-refractivity contribution in [3.63, 3.8) is 0 Å². The van der Waals surface area contributed by atoms with Crippen molar-refractivity contribution >= 4 is 10.4 Å². The summed E-state index contributed by atoms with van der Waals surface area (Å²) in [6, 6.07) is 0. The van der Waals surface area contributed by atoms with Gasteiger partial charge in [-0.2, -0.15) is 8.42 Å². The van der Waals surface area contributed by atoms with Crippen LogP contribution in [0.25, 0.3) is 0 Å². The second kappa shape index (κ2) is 12.8. The van der Waals surface area contributed by atoms with Gasteiger partial charge in [-0.1, -0.05) is 34.6 Å². The van der Waals surface area contributed by atoms with E-state index in [9.17, 15) is 39.1 Å². The Kier molecular flexibility index (Phi) is 10.2. The first kappa shape index (κ1) is 35.8. The Morgan fingerprint density at radius 1 is 0.956 bits per heavy atom. The molecule has 262 valence electrons. The second-order valence-electron chi connectivity index (χ2n) is 16.0. The first-order chi connectivity index (χ1) is 20.9. The Hall–Kier alpha value is -0.450. The van der Waals surface area contributed by atoms with Crippen molar-refractivity contribution in [1.82, 2.24) is 0 Å². The van der Waals surface area contributed by atoms with Gasteiger partial charge < -0.3 is 40.1 Å². The van der Waals surface area contributed by atoms with Crippen LogP contribution in [0.3, 0.4) is 0 Å². The molecule has 0 unspecified atom stereocenters. The lowest BCUT2D eigenvalue weighted by Crippen LogP contribution is -2.68. The normalized spacial score (nSPS) is 49.8. The average Bonchev–Trinajstić information content (AvgIpc) is 3.38. The van der Waals surface area contributed by atoms with Crippen LogP contribution in [-0.4, -0.2) is 105 Å². The maximum Gasteiger partial charge on any atom is 0.397 e. The van der Waals surface area contributed by atoms with Gasteiger partial charge in [0.05, 0.1) is 36.6 Å². The lowest BCUT2D eigenvalue weighted by molar-refractivity contribution is -0.263. The second-order valence-corrected chi connectivity index (χ2v) is 17.0. The molecule has 1 saturated heterocycles. The Morgan fingerprint density at radius 2 is 1.62 bits per heavy atom. The molecule has 5 aliphatic rings. The third-order valence-corrected chi connectivity index (χ3v) is 13.6. The minimum atomic E-state index is -4.90. The van der Waals surface area contributed by atoms with Crippen LogP contribution >= 0.6 is 0 Å². The summed E-state index contributed by atoms with van der Waals surface area (Å²) >= 11 is 0. The molecular weight excluding hydrogens is 608 g/mol. The van der Waals surface area contributed by atoms with E-state index in [1.807, 2.05) is 13.8 Å². The Labute approximate surface area is 267 Å². The van der Waals surface area contributed by atoms with Gasteiger partial charge in [0.15, 0.2) is 6.29 Å². The topological polar surface area (TPSA) is 203 Å². The quantitative estimate of drug-likeness (QED) is 0.167. The predicted molar refractivity (Wildman–Crippen MR) is 162 cm³/mol. The summed E-state index contributed by atoms with van der Waals surface area (Å²) in [4.78, 5) is 0. The minimum Gasteiger partial charge on any atom is -0.394 e. The van der Waals surface area contributed by atoms with E-state index in [1.54, 1.807) is 0 Å². The number of aliphatic hydroxyl groups is 6. The van der Waals surface area contributed by atoms with E-state index in [1.165, 1.54) is 0 Å². The van der Waals surface area contributed by atoms with Gasteiger partial charge in [-0.15, -0.1) is 0 Å². The van der Waals surface area contributed by atoms with E-state index >= 15 is 0 Å². The van der Waals surface area contributed by atoms with E-state index in [2.05, 4.69) is 25.0 Å². The number of hydrogen-bond donors (Lipinski definition) is 7. The zero-order chi connectivity index (χ0) is 33.3. The number of aliphatic hydroxyl groups excluding tert-OH is 5. The van der Waals surface area contributed by atoms with Crippen LogP contribution in [0.5, 0.6) is 0 Å². The van der Waals surface area contributed by atoms with Crippen LogP contribution in [-0.2, 0) is 24.1 Å². The molecule has 13 heteroatoms. The molecule has 45 heavy (non-hydrogen) atoms. The largest absolute Gasteiger partial charge is 0.397 e. The van der Waals surface area contributed by atoms with Gasteiger partial charge in [0, 0.05) is 12.3 Å². The van der Waals surface area contributed by atoms with Crippen LogP contribution in [0, 0.1) is 46.3 Å². The molecule has 0 aromatic rings. The summed E-state index contributed by atoms with van der Waals surface area (Å²) in [6.45, 7) is 9.81. The molecule has 0 amide bonds. The highest BCUT2D eigenvalue weighted by Gasteiger charge is 2.70. The fourth-order valence-corrected chi connectivity index (χ4v) is 11.5. The molecule has 1 heterocycles. The number of ether oxygens (including phenoxy) is 2. The van der Waals surface area contributed by atoms with Crippen molar-refractivity contribution in [3.8, 4) is 0 Å². The van der Waals surface area contributed by atoms with E-state index in [-0.39, 0.29) is 52.8 Å². The molecule has 7 N–H and O–H groups in total. The number of rotatable bonds is 10. The van der Waals surface area contributed by atoms with Gasteiger partial charge in [-0.3, -0.25) is 4.55 Å². The van der Waals surface area contributed by atoms with Crippen LogP contribution < -0.4 is 0 Å². The lowest BCUT2D eigenvalue weighted by Gasteiger charge is -2.66. The summed E-state index contributed by atoms with van der Waals surface area (Å²) in [5.41, 5.74) is -1.84. The van der Waals surface area contributed by atoms with Crippen molar-refractivity contribution in [1.29, 1.82) is 0 Å². The first-order valence-electron chi connectivity index (χ1n) is 16.9. The van der Waals surface area contributed by atoms with E-state index in [0.717, 1.165) is 25.7 Å². The van der Waals surface area contributed by atoms with E-state index in [4.69, 9.17) is 14.0 Å². The molecule has 0 spiro atoms. The fourth-order valence-electron chi connectivity index (χ4n) is 11.0. The van der Waals surface area contributed by atoms with E-state index in [0.29, 0.717) is 25.7 Å². The molecule has 0 bridgehead atoms. The SMILES string of the molecule is CC(C)[C@H](CC[C@@H](C)[C@H]1C[C@H](O)[C@@H]2[C@]1(C)CC[C@@H]1[C@@]3(C)CC[C@H](O)C[C@@H]3[C@@H](O)C[C@]12O)O[C@@H]1O[C@@H](CO)[C@H](OS(=O)(=O)O)[C@H]1O. The molecule has 0 aromatic carbocycles. The lowest BCUT2D eigenvalue weighted by atomic mass is 9.42. The average molecular weight is 665 g/mol. The maximum atomic E-state index is 12.5. The summed E-state index contributed by atoms with van der Waals surface area (Å²) < 4.78 is 47.9. The van der Waals surface area contributed by atoms with Crippen molar-refractivity contribution in [2.24, 2.45) is 46.3 Å². The Morgan fingerprint density at radius 3 is 2.24 bits per heavy atom. The molecule has 4 aliphatic carbocycles. The molecule has 1 aliphatic heterocycles. The van der Waals surface area contributed by atoms with Crippen LogP contribution in [0.4, 0.5) is 0 Å². The van der Waals surface area contributed by atoms with Crippen LogP contribution in [0.1, 0.15) is 92.4 Å². The van der Waals surface area contributed by atoms with Gasteiger partial charge in [0.25, 0.3) is 0 Å². The van der Waals surface area contributed by atoms with Gasteiger partial charge in [0.1, 0.15) is 18.3 Å². The number of fused-ring (bicyclic) bond motifs is 5. The molecule has 5 fully saturated rings. The number of hydrogen-bond acceptors (Lipinski definition) is 11. The molecular formula is C32H56O12S. The van der Waals surface area contributed by atoms with Crippen molar-refractivity contribution in [2.75, 3.05) is 6.61 Å². The van der Waals surface area contributed by atoms with Crippen LogP contribution in [0.15, 0.2) is 0 Å². The summed E-state index contributed by atoms with van der Waals surface area (Å²) in [7, 11) is -4.90. The summed E-state index contributed by atoms with van der Waals surface area (Å²) in [5.74, 6) is -0.225. The van der Waals surface area contributed by atoms with Gasteiger partial charge in [0.2, 0.25) is 0 Å². The van der Waals surface area contributed by atoms with Crippen molar-refractivity contribution in [2.45, 2.75) is 147 Å². The van der Waals surface area contributed by atoms with Crippen LogP contribution in [0.2, 0.25) is 0 Å². The summed E-state index contributed by atoms with van der Waals surface area (Å²) in [6.07, 6.45) is -2.09. The smallest absolute Gasteiger partial charge is 0.394 e. The van der Waals surface area contributed by atoms with Gasteiger partial charge >= 0.3 is 10.4 Å². The molecule has 16 atom stereocenters. The Bertz CT molecular complexity index is 1150. The third-order valence-electron chi connectivity index (χ3n) is 13.1. The fraction of sp³-hybridized carbons (Fsp3) is 1.00. The molecule has 4 saturated carbocycles. The standard InChI is InChI=1S/C32H56O12S/c1-16(2)23(42-29-26(37)27(24(15-33)43-29)44-45(39,40)41)7-6-17(3)19-13-21(35)28-31(19,5)11-9-25-30(4)10-8-18(34)12-20(30)22(36)14-32(25,28)38/h16-29,33-38H,6-15H2,1-5H3,(H,39,40,41)/t17-,18+,19-,20-,21+,22+,23+,24+,25-,26-,27+,28-,29-,30+,31-,32+/m1/s1. The van der Waals surface area contributed by atoms with Gasteiger partial charge in [-0.25, -0.2) is 4.18 Å². The molecule has 5 rings (SSSR count). The zero-order valence-corrected chi connectivity index (χ0v) is 28.1. The highest BCUT2D eigenvalue weighted by atomic mass is 32.3. The Balaban J connectivity index is 1.27. The van der Waals surface area contributed by atoms with E-state index < -0.39 is 71.6 Å². The predicted octanol–water partition coefficient (Wildman–Crippen LogP) is 1.79.